The summed E-state index contributed by atoms with van der Waals surface area (Å²) in [4.78, 5) is 24.6. The van der Waals surface area contributed by atoms with Crippen LogP contribution in [0.1, 0.15) is 13.3 Å². The zero-order chi connectivity index (χ0) is 15.3. The molecule has 3 aliphatic heterocycles. The van der Waals surface area contributed by atoms with Crippen LogP contribution < -0.4 is 34.7 Å². The van der Waals surface area contributed by atoms with Gasteiger partial charge in [0.25, 0.3) is 0 Å². The smallest absolute Gasteiger partial charge is 0.616 e. The molecule has 3 heterocycles. The van der Waals surface area contributed by atoms with Crippen LogP contribution in [0.15, 0.2) is 9.93 Å². The molecule has 0 aliphatic carbocycles. The first kappa shape index (κ1) is 19.0. The van der Waals surface area contributed by atoms with E-state index in [2.05, 4.69) is 0 Å². The minimum atomic E-state index is -1.37. The molecule has 3 aliphatic rings. The summed E-state index contributed by atoms with van der Waals surface area (Å²) in [5.74, 6) is -1.12. The van der Waals surface area contributed by atoms with Crippen molar-refractivity contribution in [2.24, 2.45) is 5.92 Å². The maximum atomic E-state index is 12.0. The summed E-state index contributed by atoms with van der Waals surface area (Å²) in [6.45, 7) is 1.53. The molecule has 6 nitrogen and oxygen atoms in total. The number of rotatable bonds is 4. The first-order valence-corrected chi connectivity index (χ1v) is 9.80. The molecule has 0 aromatic rings. The van der Waals surface area contributed by atoms with E-state index in [1.54, 1.807) is 0 Å². The number of fused-ring (bicyclic) bond motifs is 1. The molecule has 0 saturated carbocycles. The minimum Gasteiger partial charge on any atom is -0.616 e. The van der Waals surface area contributed by atoms with Crippen molar-refractivity contribution in [1.82, 2.24) is 4.90 Å². The maximum Gasteiger partial charge on any atom is 1.00 e. The number of β-lactam (4-membered cyclic amide) rings is 1. The molecule has 3 rings (SSSR count). The van der Waals surface area contributed by atoms with Crippen molar-refractivity contribution in [3.63, 3.8) is 0 Å². The summed E-state index contributed by atoms with van der Waals surface area (Å²) in [6.07, 6.45) is -0.0299. The van der Waals surface area contributed by atoms with E-state index in [0.717, 1.165) is 6.42 Å². The standard InChI is InChI=1S/C12H15NO5S3.Na/c1-5(14)7-9(15)13-8(11(16)17)12(20-10(7)13)19-6-2-3-21(18)4-6;/h5-7,10,14H,2-4H2,1H3,(H,16,17);/q;+1/p-1/t5-,6?,7+,10-,21?;/m1./s1. The van der Waals surface area contributed by atoms with E-state index >= 15 is 0 Å². The second kappa shape index (κ2) is 7.26. The monoisotopic (exact) mass is 371 g/mol. The number of hydrogen-bond acceptors (Lipinski definition) is 7. The number of aliphatic carboxylic acids is 1. The van der Waals surface area contributed by atoms with Crippen LogP contribution in [0.5, 0.6) is 0 Å². The molecule has 0 aromatic carbocycles. The molecular weight excluding hydrogens is 357 g/mol. The first-order chi connectivity index (χ1) is 9.90. The predicted molar refractivity (Wildman–Crippen MR) is 79.3 cm³/mol. The number of hydrogen-bond donors (Lipinski definition) is 1. The summed E-state index contributed by atoms with van der Waals surface area (Å²) in [5, 5.41) is 20.7. The van der Waals surface area contributed by atoms with Crippen molar-refractivity contribution in [3.05, 3.63) is 9.93 Å². The van der Waals surface area contributed by atoms with Gasteiger partial charge in [-0.3, -0.25) is 9.69 Å². The fraction of sp³-hybridized carbons (Fsp3) is 0.667. The van der Waals surface area contributed by atoms with Gasteiger partial charge in [-0.25, -0.2) is 0 Å². The van der Waals surface area contributed by atoms with Crippen LogP contribution in [-0.4, -0.2) is 54.7 Å². The molecule has 22 heavy (non-hydrogen) atoms. The van der Waals surface area contributed by atoms with Gasteiger partial charge in [0.2, 0.25) is 5.91 Å². The molecule has 5 atom stereocenters. The van der Waals surface area contributed by atoms with E-state index < -0.39 is 29.2 Å². The summed E-state index contributed by atoms with van der Waals surface area (Å²) in [5.41, 5.74) is -0.0883. The molecule has 0 bridgehead atoms. The third kappa shape index (κ3) is 3.23. The minimum absolute atomic E-state index is 0. The molecule has 10 heteroatoms. The van der Waals surface area contributed by atoms with E-state index in [9.17, 15) is 24.4 Å². The number of carbonyl (C=O) groups is 2. The van der Waals surface area contributed by atoms with Crippen molar-refractivity contribution in [3.8, 4) is 0 Å². The number of amides is 1. The van der Waals surface area contributed by atoms with E-state index in [1.807, 2.05) is 0 Å². The maximum absolute atomic E-state index is 12.0. The molecule has 1 N–H and O–H groups in total. The SMILES string of the molecule is C[C@@H](O)[C@H]1C(=O)N2C(C(=O)[O-])=C(SC3CC[S+]([O-])C3)S[C@H]12.[Na+]. The van der Waals surface area contributed by atoms with Crippen LogP contribution in [0.25, 0.3) is 0 Å². The largest absolute Gasteiger partial charge is 1.00 e. The first-order valence-electron chi connectivity index (χ1n) is 6.55. The number of aliphatic hydroxyl groups is 1. The van der Waals surface area contributed by atoms with E-state index in [4.69, 9.17) is 0 Å². The Morgan fingerprint density at radius 2 is 2.27 bits per heavy atom. The van der Waals surface area contributed by atoms with Gasteiger partial charge in [0.05, 0.1) is 33.2 Å². The van der Waals surface area contributed by atoms with Crippen molar-refractivity contribution in [1.29, 1.82) is 0 Å². The number of carbonyl (C=O) groups excluding carboxylic acids is 2. The van der Waals surface area contributed by atoms with Gasteiger partial charge in [0.15, 0.2) is 0 Å². The number of carboxylic acids is 1. The summed E-state index contributed by atoms with van der Waals surface area (Å²) < 4.78 is 12.0. The van der Waals surface area contributed by atoms with E-state index in [-0.39, 0.29) is 51.8 Å². The van der Waals surface area contributed by atoms with Crippen molar-refractivity contribution in [2.75, 3.05) is 11.5 Å². The Balaban J connectivity index is 0.00000176. The van der Waals surface area contributed by atoms with Gasteiger partial charge in [0, 0.05) is 6.42 Å². The fourth-order valence-electron chi connectivity index (χ4n) is 2.70. The van der Waals surface area contributed by atoms with Gasteiger partial charge in [-0.15, -0.1) is 11.8 Å². The van der Waals surface area contributed by atoms with Crippen LogP contribution in [0.2, 0.25) is 0 Å². The second-order valence-corrected chi connectivity index (χ2v) is 9.56. The predicted octanol–water partition coefficient (Wildman–Crippen LogP) is -3.92. The molecule has 1 amide bonds. The Labute approximate surface area is 161 Å². The molecule has 0 spiro atoms. The summed E-state index contributed by atoms with van der Waals surface area (Å²) >= 11 is 1.83. The number of carboxylic acid groups (broad SMARTS) is 1. The van der Waals surface area contributed by atoms with Crippen LogP contribution in [0.3, 0.4) is 0 Å². The van der Waals surface area contributed by atoms with Gasteiger partial charge in [0.1, 0.15) is 16.9 Å². The quantitative estimate of drug-likeness (QED) is 0.306. The summed E-state index contributed by atoms with van der Waals surface area (Å²) in [6, 6.07) is 0. The fourth-order valence-corrected chi connectivity index (χ4v) is 7.95. The molecule has 2 fully saturated rings. The summed E-state index contributed by atoms with van der Waals surface area (Å²) in [7, 11) is 0. The third-order valence-electron chi connectivity index (χ3n) is 3.77. The zero-order valence-electron chi connectivity index (χ0n) is 12.2. The Morgan fingerprint density at radius 1 is 1.59 bits per heavy atom. The average molecular weight is 371 g/mol. The molecule has 2 unspecified atom stereocenters. The Hall–Kier alpha value is 0.650. The third-order valence-corrected chi connectivity index (χ3v) is 8.32. The van der Waals surface area contributed by atoms with Crippen molar-refractivity contribution in [2.45, 2.75) is 30.1 Å². The molecule has 0 radical (unpaired) electrons. The van der Waals surface area contributed by atoms with Gasteiger partial charge in [-0.05, 0) is 6.92 Å². The van der Waals surface area contributed by atoms with Crippen LogP contribution >= 0.6 is 23.5 Å². The van der Waals surface area contributed by atoms with E-state index in [0.29, 0.717) is 15.7 Å². The zero-order valence-corrected chi connectivity index (χ0v) is 16.6. The van der Waals surface area contributed by atoms with Crippen LogP contribution in [0.4, 0.5) is 0 Å². The number of aliphatic hydroxyl groups excluding tert-OH is 1. The number of thioether (sulfide) groups is 2. The Bertz CT molecular complexity index is 529. The van der Waals surface area contributed by atoms with Gasteiger partial charge < -0.3 is 19.6 Å². The van der Waals surface area contributed by atoms with Gasteiger partial charge >= 0.3 is 29.6 Å². The second-order valence-electron chi connectivity index (χ2n) is 5.25. The van der Waals surface area contributed by atoms with Crippen LogP contribution in [0, 0.1) is 5.92 Å². The molecule has 0 aromatic heterocycles. The van der Waals surface area contributed by atoms with Crippen molar-refractivity contribution < 1.29 is 53.9 Å². The molecule has 116 valence electrons. The van der Waals surface area contributed by atoms with Crippen LogP contribution in [-0.2, 0) is 20.8 Å². The Morgan fingerprint density at radius 3 is 2.77 bits per heavy atom. The van der Waals surface area contributed by atoms with Gasteiger partial charge in [-0.1, -0.05) is 22.9 Å². The molecular formula is C12H14NNaO5S3. The average Bonchev–Trinajstić information content (AvgIpc) is 2.91. The van der Waals surface area contributed by atoms with E-state index in [1.165, 1.54) is 35.3 Å². The Kier molecular flexibility index (Phi) is 6.27. The molecule has 2 saturated heterocycles. The van der Waals surface area contributed by atoms with Crippen molar-refractivity contribution >= 4 is 46.6 Å². The normalized spacial score (nSPS) is 35.0. The van der Waals surface area contributed by atoms with Gasteiger partial charge in [-0.2, -0.15) is 0 Å². The topological polar surface area (TPSA) is 104 Å². The number of nitrogens with zero attached hydrogens (tertiary/aromatic N) is 1.